The molecule has 1 N–H and O–H groups in total. The fourth-order valence-electron chi connectivity index (χ4n) is 1.09. The van der Waals surface area contributed by atoms with E-state index in [2.05, 4.69) is 5.32 Å². The summed E-state index contributed by atoms with van der Waals surface area (Å²) in [6.07, 6.45) is 3.22. The van der Waals surface area contributed by atoms with E-state index in [1.54, 1.807) is 13.0 Å². The topological polar surface area (TPSA) is 47.6 Å². The van der Waals surface area contributed by atoms with Crippen LogP contribution in [0.2, 0.25) is 0 Å². The van der Waals surface area contributed by atoms with Gasteiger partial charge in [-0.05, 0) is 6.92 Å². The van der Waals surface area contributed by atoms with Crippen LogP contribution in [0.25, 0.3) is 0 Å². The molecule has 4 heteroatoms. The molecule has 1 aliphatic heterocycles. The van der Waals surface area contributed by atoms with Crippen molar-refractivity contribution < 1.29 is 14.3 Å². The average molecular weight is 185 g/mol. The maximum Gasteiger partial charge on any atom is 0.330 e. The molecule has 0 radical (unpaired) electrons. The summed E-state index contributed by atoms with van der Waals surface area (Å²) >= 11 is 0. The molecule has 4 nitrogen and oxygen atoms in total. The van der Waals surface area contributed by atoms with E-state index in [-0.39, 0.29) is 12.0 Å². The zero-order chi connectivity index (χ0) is 9.52. The van der Waals surface area contributed by atoms with Crippen LogP contribution in [0.1, 0.15) is 6.92 Å². The van der Waals surface area contributed by atoms with Crippen molar-refractivity contribution in [2.24, 2.45) is 0 Å². The number of hydrogen-bond donors (Lipinski definition) is 1. The van der Waals surface area contributed by atoms with Crippen LogP contribution in [0, 0.1) is 0 Å². The van der Waals surface area contributed by atoms with E-state index in [0.717, 1.165) is 13.2 Å². The van der Waals surface area contributed by atoms with E-state index < -0.39 is 0 Å². The van der Waals surface area contributed by atoms with Gasteiger partial charge in [0.05, 0.1) is 19.8 Å². The molecule has 74 valence electrons. The molecule has 0 aromatic carbocycles. The minimum Gasteiger partial charge on any atom is -0.463 e. The van der Waals surface area contributed by atoms with E-state index in [0.29, 0.717) is 13.2 Å². The summed E-state index contributed by atoms with van der Waals surface area (Å²) < 4.78 is 9.95. The van der Waals surface area contributed by atoms with Gasteiger partial charge >= 0.3 is 5.97 Å². The highest BCUT2D eigenvalue weighted by Gasteiger charge is 2.09. The molecule has 1 aliphatic rings. The van der Waals surface area contributed by atoms with E-state index >= 15 is 0 Å². The first-order chi connectivity index (χ1) is 6.33. The fraction of sp³-hybridized carbons (Fsp3) is 0.667. The molecule has 1 fully saturated rings. The Morgan fingerprint density at radius 2 is 2.62 bits per heavy atom. The van der Waals surface area contributed by atoms with E-state index in [1.807, 2.05) is 0 Å². The maximum atomic E-state index is 10.9. The van der Waals surface area contributed by atoms with E-state index in [9.17, 15) is 4.79 Å². The average Bonchev–Trinajstić information content (AvgIpc) is 2.17. The van der Waals surface area contributed by atoms with Crippen LogP contribution >= 0.6 is 0 Å². The zero-order valence-corrected chi connectivity index (χ0v) is 7.79. The molecular weight excluding hydrogens is 170 g/mol. The number of nitrogens with one attached hydrogen (secondary N) is 1. The molecule has 0 saturated carbocycles. The highest BCUT2D eigenvalue weighted by Crippen LogP contribution is 1.95. The van der Waals surface area contributed by atoms with Gasteiger partial charge in [0.1, 0.15) is 0 Å². The molecule has 0 unspecified atom stereocenters. The molecule has 0 amide bonds. The summed E-state index contributed by atoms with van der Waals surface area (Å²) in [5.74, 6) is -0.296. The second-order valence-electron chi connectivity index (χ2n) is 2.75. The van der Waals surface area contributed by atoms with Crippen LogP contribution in [0.15, 0.2) is 12.2 Å². The highest BCUT2D eigenvalue weighted by molar-refractivity contribution is 5.81. The lowest BCUT2D eigenvalue weighted by atomic mass is 10.2. The Labute approximate surface area is 77.9 Å². The van der Waals surface area contributed by atoms with Crippen molar-refractivity contribution in [1.29, 1.82) is 0 Å². The van der Waals surface area contributed by atoms with Gasteiger partial charge in [0.25, 0.3) is 0 Å². The monoisotopic (exact) mass is 185 g/mol. The van der Waals surface area contributed by atoms with Crippen molar-refractivity contribution >= 4 is 5.97 Å². The van der Waals surface area contributed by atoms with Gasteiger partial charge in [-0.25, -0.2) is 4.79 Å². The summed E-state index contributed by atoms with van der Waals surface area (Å²) in [4.78, 5) is 10.9. The molecule has 13 heavy (non-hydrogen) atoms. The van der Waals surface area contributed by atoms with Gasteiger partial charge in [-0.15, -0.1) is 0 Å². The summed E-state index contributed by atoms with van der Waals surface area (Å²) in [6, 6.07) is 0.137. The summed E-state index contributed by atoms with van der Waals surface area (Å²) in [6.45, 7) is 4.39. The van der Waals surface area contributed by atoms with Crippen molar-refractivity contribution in [3.63, 3.8) is 0 Å². The SMILES string of the molecule is CCOC(=O)C=C[C@H]1COCCN1. The van der Waals surface area contributed by atoms with Gasteiger partial charge in [0.2, 0.25) is 0 Å². The number of ether oxygens (including phenoxy) is 2. The van der Waals surface area contributed by atoms with Crippen molar-refractivity contribution in [3.05, 3.63) is 12.2 Å². The summed E-state index contributed by atoms with van der Waals surface area (Å²) in [7, 11) is 0. The Morgan fingerprint density at radius 1 is 1.77 bits per heavy atom. The highest BCUT2D eigenvalue weighted by atomic mass is 16.5. The lowest BCUT2D eigenvalue weighted by molar-refractivity contribution is -0.137. The molecule has 0 spiro atoms. The van der Waals surface area contributed by atoms with Crippen LogP contribution < -0.4 is 5.32 Å². The standard InChI is InChI=1S/C9H15NO3/c1-2-13-9(11)4-3-8-7-12-6-5-10-8/h3-4,8,10H,2,5-7H2,1H3/t8-/m0/s1. The van der Waals surface area contributed by atoms with Gasteiger partial charge < -0.3 is 14.8 Å². The van der Waals surface area contributed by atoms with Gasteiger partial charge in [-0.2, -0.15) is 0 Å². The molecule has 1 saturated heterocycles. The largest absolute Gasteiger partial charge is 0.463 e. The predicted octanol–water partition coefficient (Wildman–Crippen LogP) is 0.0941. The predicted molar refractivity (Wildman–Crippen MR) is 48.4 cm³/mol. The minimum absolute atomic E-state index is 0.137. The molecule has 0 aromatic heterocycles. The normalized spacial score (nSPS) is 23.3. The fourth-order valence-corrected chi connectivity index (χ4v) is 1.09. The Kier molecular flexibility index (Phi) is 4.49. The van der Waals surface area contributed by atoms with Gasteiger partial charge in [0.15, 0.2) is 0 Å². The minimum atomic E-state index is -0.296. The van der Waals surface area contributed by atoms with Crippen molar-refractivity contribution in [1.82, 2.24) is 5.32 Å². The third-order valence-electron chi connectivity index (χ3n) is 1.70. The third kappa shape index (κ3) is 4.05. The molecular formula is C9H15NO3. The van der Waals surface area contributed by atoms with Crippen LogP contribution in [0.5, 0.6) is 0 Å². The van der Waals surface area contributed by atoms with Crippen LogP contribution in [-0.2, 0) is 14.3 Å². The second-order valence-corrected chi connectivity index (χ2v) is 2.75. The summed E-state index contributed by atoms with van der Waals surface area (Å²) in [5, 5.41) is 3.20. The lowest BCUT2D eigenvalue weighted by Gasteiger charge is -2.20. The molecule has 0 bridgehead atoms. The first kappa shape index (κ1) is 10.2. The van der Waals surface area contributed by atoms with Crippen molar-refractivity contribution in [2.75, 3.05) is 26.4 Å². The Balaban J connectivity index is 2.24. The number of carbonyl (C=O) groups excluding carboxylic acids is 1. The number of morpholine rings is 1. The molecule has 0 aliphatic carbocycles. The smallest absolute Gasteiger partial charge is 0.330 e. The molecule has 1 atom stereocenters. The van der Waals surface area contributed by atoms with E-state index in [1.165, 1.54) is 6.08 Å². The van der Waals surface area contributed by atoms with Gasteiger partial charge in [-0.1, -0.05) is 6.08 Å². The number of esters is 1. The summed E-state index contributed by atoms with van der Waals surface area (Å²) in [5.41, 5.74) is 0. The van der Waals surface area contributed by atoms with E-state index in [4.69, 9.17) is 9.47 Å². The van der Waals surface area contributed by atoms with Crippen molar-refractivity contribution in [3.8, 4) is 0 Å². The molecule has 0 aromatic rings. The zero-order valence-electron chi connectivity index (χ0n) is 7.79. The quantitative estimate of drug-likeness (QED) is 0.500. The Hall–Kier alpha value is -0.870. The van der Waals surface area contributed by atoms with Gasteiger partial charge in [-0.3, -0.25) is 0 Å². The number of rotatable bonds is 3. The maximum absolute atomic E-state index is 10.9. The number of hydrogen-bond acceptors (Lipinski definition) is 4. The second kappa shape index (κ2) is 5.72. The molecule has 1 rings (SSSR count). The van der Waals surface area contributed by atoms with Crippen LogP contribution in [-0.4, -0.2) is 38.4 Å². The Morgan fingerprint density at radius 3 is 3.23 bits per heavy atom. The first-order valence-electron chi connectivity index (χ1n) is 4.49. The first-order valence-corrected chi connectivity index (χ1v) is 4.49. The molecule has 1 heterocycles. The van der Waals surface area contributed by atoms with Crippen LogP contribution in [0.3, 0.4) is 0 Å². The lowest BCUT2D eigenvalue weighted by Crippen LogP contribution is -2.39. The number of carbonyl (C=O) groups is 1. The third-order valence-corrected chi connectivity index (χ3v) is 1.70. The van der Waals surface area contributed by atoms with Crippen LogP contribution in [0.4, 0.5) is 0 Å². The van der Waals surface area contributed by atoms with Gasteiger partial charge in [0, 0.05) is 18.7 Å². The Bertz CT molecular complexity index is 185. The van der Waals surface area contributed by atoms with Crippen molar-refractivity contribution in [2.45, 2.75) is 13.0 Å².